The Kier molecular flexibility index (Phi) is 9.58. The summed E-state index contributed by atoms with van der Waals surface area (Å²) in [6, 6.07) is 16.3. The first-order valence-electron chi connectivity index (χ1n) is 15.8. The summed E-state index contributed by atoms with van der Waals surface area (Å²) in [6.45, 7) is 1.82. The number of rotatable bonds is 6. The number of phenols is 1. The molecular formula is C35H36N4O9S. The molecule has 2 aliphatic rings. The van der Waals surface area contributed by atoms with Gasteiger partial charge in [-0.25, -0.2) is 13.4 Å². The van der Waals surface area contributed by atoms with Crippen LogP contribution in [0.15, 0.2) is 76.0 Å². The highest BCUT2D eigenvalue weighted by molar-refractivity contribution is 7.91. The monoisotopic (exact) mass is 688 g/mol. The van der Waals surface area contributed by atoms with Crippen LogP contribution in [0.5, 0.6) is 23.0 Å². The molecule has 6 rings (SSSR count). The Hall–Kier alpha value is -5.37. The molecular weight excluding hydrogens is 652 g/mol. The van der Waals surface area contributed by atoms with E-state index in [2.05, 4.69) is 15.6 Å². The highest BCUT2D eigenvalue weighted by Gasteiger charge is 2.40. The Morgan fingerprint density at radius 3 is 2.65 bits per heavy atom. The number of carbonyl (C=O) groups excluding carboxylic acids is 3. The third-order valence-electron chi connectivity index (χ3n) is 8.59. The molecule has 0 saturated carbocycles. The number of fused-ring (bicyclic) bond motifs is 8. The number of aromatic nitrogens is 1. The number of nitrogens with one attached hydrogen (secondary N) is 2. The molecule has 1 aromatic heterocycles. The molecule has 14 heteroatoms. The molecule has 0 unspecified atom stereocenters. The third kappa shape index (κ3) is 7.54. The molecule has 1 fully saturated rings. The van der Waals surface area contributed by atoms with Crippen molar-refractivity contribution in [2.45, 2.75) is 56.1 Å². The number of hydrogen-bond acceptors (Lipinski definition) is 10. The van der Waals surface area contributed by atoms with Crippen molar-refractivity contribution in [3.8, 4) is 34.5 Å². The van der Waals surface area contributed by atoms with E-state index in [-0.39, 0.29) is 72.7 Å². The lowest BCUT2D eigenvalue weighted by Crippen LogP contribution is -2.46. The first kappa shape index (κ1) is 33.5. The zero-order valence-electron chi connectivity index (χ0n) is 27.0. The van der Waals surface area contributed by atoms with Crippen LogP contribution >= 0.6 is 0 Å². The average molecular weight is 689 g/mol. The highest BCUT2D eigenvalue weighted by atomic mass is 32.2. The maximum absolute atomic E-state index is 13.6. The number of aromatic hydroxyl groups is 1. The van der Waals surface area contributed by atoms with E-state index in [4.69, 9.17) is 13.9 Å². The van der Waals surface area contributed by atoms with Crippen LogP contribution < -0.4 is 20.1 Å². The van der Waals surface area contributed by atoms with Crippen LogP contribution in [0.25, 0.3) is 11.5 Å². The second-order valence-electron chi connectivity index (χ2n) is 12.0. The van der Waals surface area contributed by atoms with E-state index >= 15 is 0 Å². The second kappa shape index (κ2) is 14.0. The van der Waals surface area contributed by atoms with Gasteiger partial charge in [-0.2, -0.15) is 0 Å². The van der Waals surface area contributed by atoms with Gasteiger partial charge in [0.2, 0.25) is 23.6 Å². The van der Waals surface area contributed by atoms with Crippen molar-refractivity contribution < 1.29 is 41.8 Å². The van der Waals surface area contributed by atoms with Crippen LogP contribution in [0.1, 0.15) is 36.3 Å². The number of oxazole rings is 1. The van der Waals surface area contributed by atoms with Crippen molar-refractivity contribution in [3.05, 3.63) is 83.7 Å². The first-order valence-corrected chi connectivity index (χ1v) is 17.4. The molecule has 6 bridgehead atoms. The quantitative estimate of drug-likeness (QED) is 0.271. The molecule has 3 N–H and O–H groups in total. The van der Waals surface area contributed by atoms with Gasteiger partial charge in [0.15, 0.2) is 32.8 Å². The predicted molar refractivity (Wildman–Crippen MR) is 177 cm³/mol. The lowest BCUT2D eigenvalue weighted by molar-refractivity contribution is -0.138. The molecule has 3 amide bonds. The molecule has 4 aromatic rings. The van der Waals surface area contributed by atoms with Gasteiger partial charge in [-0.1, -0.05) is 24.3 Å². The first-order chi connectivity index (χ1) is 23.5. The largest absolute Gasteiger partial charge is 0.504 e. The normalized spacial score (nSPS) is 18.0. The molecule has 1 saturated heterocycles. The van der Waals surface area contributed by atoms with Gasteiger partial charge < -0.3 is 34.5 Å². The van der Waals surface area contributed by atoms with Crippen LogP contribution in [0, 0.1) is 6.92 Å². The summed E-state index contributed by atoms with van der Waals surface area (Å²) in [5.41, 5.74) is 1.76. The van der Waals surface area contributed by atoms with E-state index in [0.717, 1.165) is 0 Å². The number of hydrogen-bond donors (Lipinski definition) is 3. The van der Waals surface area contributed by atoms with Gasteiger partial charge in [0.25, 0.3) is 0 Å². The Morgan fingerprint density at radius 1 is 1.08 bits per heavy atom. The third-order valence-corrected chi connectivity index (χ3v) is 10.3. The standard InChI is InChI=1S/C35H36N4O9S/c1-21-26-19-36-34(43)27-18-24(37-32(41)14-15-49(44,45)25-6-4-3-5-7-25)20-39(27)33(42)13-9-22-8-11-28(40)30(16-22)48-31-17-23(35(38-26)47-21)10-12-29(31)46-2/h3-8,10-12,16-17,24,27,40H,9,13-15,18-20H2,1-2H3,(H,36,43)(H,37,41)/t24-,27-/m0/s1. The van der Waals surface area contributed by atoms with E-state index < -0.39 is 33.7 Å². The molecule has 3 heterocycles. The van der Waals surface area contributed by atoms with E-state index in [0.29, 0.717) is 34.1 Å². The van der Waals surface area contributed by atoms with Crippen molar-refractivity contribution >= 4 is 27.6 Å². The number of methoxy groups -OCH3 is 1. The maximum Gasteiger partial charge on any atom is 0.243 e. The van der Waals surface area contributed by atoms with Crippen LogP contribution in [-0.2, 0) is 37.2 Å². The molecule has 2 aliphatic heterocycles. The van der Waals surface area contributed by atoms with E-state index in [1.807, 2.05) is 0 Å². The van der Waals surface area contributed by atoms with E-state index in [1.165, 1.54) is 30.2 Å². The van der Waals surface area contributed by atoms with Crippen LogP contribution in [0.3, 0.4) is 0 Å². The number of carbonyl (C=O) groups is 3. The van der Waals surface area contributed by atoms with Crippen molar-refractivity contribution in [2.75, 3.05) is 19.4 Å². The number of phenolic OH excluding ortho intramolecular Hbond substituents is 1. The molecule has 49 heavy (non-hydrogen) atoms. The molecule has 2 atom stereocenters. The van der Waals surface area contributed by atoms with Crippen LogP contribution in [-0.4, -0.2) is 72.6 Å². The fourth-order valence-corrected chi connectivity index (χ4v) is 7.20. The minimum absolute atomic E-state index is 0.0268. The smallest absolute Gasteiger partial charge is 0.243 e. The van der Waals surface area contributed by atoms with Crippen molar-refractivity contribution in [2.24, 2.45) is 0 Å². The van der Waals surface area contributed by atoms with Crippen molar-refractivity contribution in [1.29, 1.82) is 0 Å². The second-order valence-corrected chi connectivity index (χ2v) is 14.1. The molecule has 0 aliphatic carbocycles. The van der Waals surface area contributed by atoms with E-state index in [1.54, 1.807) is 55.5 Å². The molecule has 3 aromatic carbocycles. The lowest BCUT2D eigenvalue weighted by atomic mass is 10.1. The zero-order valence-corrected chi connectivity index (χ0v) is 27.8. The van der Waals surface area contributed by atoms with Crippen LogP contribution in [0.4, 0.5) is 0 Å². The lowest BCUT2D eigenvalue weighted by Gasteiger charge is -2.24. The topological polar surface area (TPSA) is 177 Å². The molecule has 0 spiro atoms. The maximum atomic E-state index is 13.6. The molecule has 0 radical (unpaired) electrons. The number of ether oxygens (including phenoxy) is 2. The average Bonchev–Trinajstić information content (AvgIpc) is 3.69. The van der Waals surface area contributed by atoms with Crippen molar-refractivity contribution in [1.82, 2.24) is 20.5 Å². The number of sulfone groups is 1. The number of amides is 3. The summed E-state index contributed by atoms with van der Waals surface area (Å²) in [5, 5.41) is 16.3. The van der Waals surface area contributed by atoms with Gasteiger partial charge in [0.05, 0.1) is 24.3 Å². The summed E-state index contributed by atoms with van der Waals surface area (Å²) in [4.78, 5) is 46.3. The van der Waals surface area contributed by atoms with Crippen LogP contribution in [0.2, 0.25) is 0 Å². The van der Waals surface area contributed by atoms with Gasteiger partial charge >= 0.3 is 0 Å². The van der Waals surface area contributed by atoms with E-state index in [9.17, 15) is 27.9 Å². The van der Waals surface area contributed by atoms with Gasteiger partial charge in [-0.15, -0.1) is 0 Å². The van der Waals surface area contributed by atoms with Crippen molar-refractivity contribution in [3.63, 3.8) is 0 Å². The number of aryl methyl sites for hydroxylation is 2. The minimum Gasteiger partial charge on any atom is -0.504 e. The summed E-state index contributed by atoms with van der Waals surface area (Å²) in [6.07, 6.45) is 0.187. The SMILES string of the molecule is COc1ccc2cc1Oc1cc(ccc1O)CCC(=O)N1C[C@@H](NC(=O)CCS(=O)(=O)c3ccccc3)C[C@H]1C(=O)NCc1nc-2oc1C. The minimum atomic E-state index is -3.67. The number of nitrogens with zero attached hydrogens (tertiary/aromatic N) is 2. The van der Waals surface area contributed by atoms with Gasteiger partial charge in [-0.3, -0.25) is 14.4 Å². The summed E-state index contributed by atoms with van der Waals surface area (Å²) in [5.74, 6) is -0.0891. The Morgan fingerprint density at radius 2 is 1.88 bits per heavy atom. The Labute approximate surface area is 283 Å². The Bertz CT molecular complexity index is 2000. The highest BCUT2D eigenvalue weighted by Crippen LogP contribution is 2.39. The van der Waals surface area contributed by atoms with Gasteiger partial charge in [-0.05, 0) is 67.8 Å². The van der Waals surface area contributed by atoms with Gasteiger partial charge in [0.1, 0.15) is 17.5 Å². The fraction of sp³-hybridized carbons (Fsp3) is 0.314. The Balaban J connectivity index is 1.23. The zero-order chi connectivity index (χ0) is 34.7. The fourth-order valence-electron chi connectivity index (χ4n) is 5.94. The molecule has 256 valence electrons. The van der Waals surface area contributed by atoms with Gasteiger partial charge in [0, 0.05) is 31.0 Å². The molecule has 13 nitrogen and oxygen atoms in total. The summed E-state index contributed by atoms with van der Waals surface area (Å²) >= 11 is 0. The predicted octanol–water partition coefficient (Wildman–Crippen LogP) is 3.67. The number of benzene rings is 3. The summed E-state index contributed by atoms with van der Waals surface area (Å²) in [7, 11) is -2.17. The summed E-state index contributed by atoms with van der Waals surface area (Å²) < 4.78 is 42.9.